The number of ether oxygens (including phenoxy) is 1. The topological polar surface area (TPSA) is 96.3 Å². The van der Waals surface area contributed by atoms with Crippen molar-refractivity contribution < 1.29 is 17.9 Å². The molecular weight excluding hydrogens is 420 g/mol. The number of hydrogen-bond donors (Lipinski definition) is 1. The van der Waals surface area contributed by atoms with Gasteiger partial charge in [0, 0.05) is 10.6 Å². The molecule has 0 aromatic heterocycles. The molecule has 0 amide bonds. The molecule has 0 radical (unpaired) electrons. The lowest BCUT2D eigenvalue weighted by Gasteiger charge is -2.11. The first-order chi connectivity index (χ1) is 13.3. The highest BCUT2D eigenvalue weighted by Crippen LogP contribution is 2.27. The lowest BCUT2D eigenvalue weighted by Crippen LogP contribution is -2.13. The molecule has 142 valence electrons. The number of carbonyl (C=O) groups is 1. The van der Waals surface area contributed by atoms with Crippen molar-refractivity contribution in [1.29, 1.82) is 5.26 Å². The number of nitrogens with one attached hydrogen (secondary N) is 1. The first kappa shape index (κ1) is 20.0. The normalized spacial score (nSPS) is 11.0. The summed E-state index contributed by atoms with van der Waals surface area (Å²) in [7, 11) is -2.70. The van der Waals surface area contributed by atoms with Crippen LogP contribution in [0.25, 0.3) is 10.8 Å². The average Bonchev–Trinajstić information content (AvgIpc) is 2.68. The van der Waals surface area contributed by atoms with Gasteiger partial charge in [-0.15, -0.1) is 0 Å². The number of thiocyanates is 1. The number of nitriles is 1. The number of nitrogens with zero attached hydrogens (tertiary/aromatic N) is 1. The van der Waals surface area contributed by atoms with Gasteiger partial charge in [0.25, 0.3) is 10.0 Å². The number of fused-ring (bicyclic) bond motifs is 1. The van der Waals surface area contributed by atoms with E-state index in [1.807, 2.05) is 11.5 Å². The Labute approximate surface area is 171 Å². The van der Waals surface area contributed by atoms with Crippen molar-refractivity contribution in [2.75, 3.05) is 11.8 Å². The van der Waals surface area contributed by atoms with Gasteiger partial charge in [0.15, 0.2) is 0 Å². The van der Waals surface area contributed by atoms with Crippen molar-refractivity contribution in [2.24, 2.45) is 0 Å². The van der Waals surface area contributed by atoms with Gasteiger partial charge >= 0.3 is 5.97 Å². The number of anilines is 1. The fourth-order valence-electron chi connectivity index (χ4n) is 2.56. The van der Waals surface area contributed by atoms with E-state index in [0.29, 0.717) is 5.39 Å². The number of sulfonamides is 1. The molecule has 3 aromatic carbocycles. The van der Waals surface area contributed by atoms with E-state index < -0.39 is 16.0 Å². The number of halogens is 1. The minimum Gasteiger partial charge on any atom is -0.465 e. The monoisotopic (exact) mass is 432 g/mol. The summed E-state index contributed by atoms with van der Waals surface area (Å²) in [6.45, 7) is 0. The summed E-state index contributed by atoms with van der Waals surface area (Å²) >= 11 is 6.96. The van der Waals surface area contributed by atoms with Crippen LogP contribution in [0.5, 0.6) is 0 Å². The minimum absolute atomic E-state index is 0.0497. The van der Waals surface area contributed by atoms with Crippen LogP contribution in [0.1, 0.15) is 10.4 Å². The standard InChI is InChI=1S/C19H13ClN2O4S2/c1-26-19(23)17-10-14(4-7-18(17)20)22-28(24,25)16-6-3-12-2-5-15(27-11-21)8-13(12)9-16/h2-10,22H,1H3. The van der Waals surface area contributed by atoms with Crippen LogP contribution in [0, 0.1) is 10.7 Å². The van der Waals surface area contributed by atoms with Crippen molar-refractivity contribution in [2.45, 2.75) is 9.79 Å². The van der Waals surface area contributed by atoms with Crippen LogP contribution in [0.3, 0.4) is 0 Å². The maximum atomic E-state index is 12.8. The summed E-state index contributed by atoms with van der Waals surface area (Å²) < 4.78 is 32.6. The quantitative estimate of drug-likeness (QED) is 0.358. The van der Waals surface area contributed by atoms with Gasteiger partial charge < -0.3 is 4.74 Å². The summed E-state index contributed by atoms with van der Waals surface area (Å²) in [6, 6.07) is 14.2. The maximum absolute atomic E-state index is 12.8. The van der Waals surface area contributed by atoms with E-state index >= 15 is 0 Å². The van der Waals surface area contributed by atoms with E-state index in [9.17, 15) is 13.2 Å². The van der Waals surface area contributed by atoms with Crippen LogP contribution in [0.4, 0.5) is 5.69 Å². The molecule has 0 atom stereocenters. The number of methoxy groups -OCH3 is 1. The van der Waals surface area contributed by atoms with Crippen LogP contribution >= 0.6 is 23.4 Å². The van der Waals surface area contributed by atoms with Gasteiger partial charge in [0.2, 0.25) is 0 Å². The number of carbonyl (C=O) groups excluding carboxylic acids is 1. The molecule has 9 heteroatoms. The van der Waals surface area contributed by atoms with Crippen LogP contribution in [0.2, 0.25) is 5.02 Å². The molecule has 1 N–H and O–H groups in total. The van der Waals surface area contributed by atoms with Crippen molar-refractivity contribution in [1.82, 2.24) is 0 Å². The Bertz CT molecular complexity index is 1220. The third-order valence-electron chi connectivity index (χ3n) is 3.88. The highest BCUT2D eigenvalue weighted by molar-refractivity contribution is 8.03. The van der Waals surface area contributed by atoms with Gasteiger partial charge in [0.1, 0.15) is 5.40 Å². The third kappa shape index (κ3) is 4.22. The highest BCUT2D eigenvalue weighted by atomic mass is 35.5. The molecule has 0 bridgehead atoms. The molecule has 3 aromatic rings. The summed E-state index contributed by atoms with van der Waals surface area (Å²) in [5.41, 5.74) is 0.236. The molecule has 0 spiro atoms. The largest absolute Gasteiger partial charge is 0.465 e. The van der Waals surface area contributed by atoms with Crippen molar-refractivity contribution in [3.63, 3.8) is 0 Å². The number of thioether (sulfide) groups is 1. The van der Waals surface area contributed by atoms with Crippen LogP contribution < -0.4 is 4.72 Å². The molecule has 0 saturated heterocycles. The third-order valence-corrected chi connectivity index (χ3v) is 6.17. The van der Waals surface area contributed by atoms with Crippen LogP contribution in [-0.4, -0.2) is 21.5 Å². The summed E-state index contributed by atoms with van der Waals surface area (Å²) in [6.07, 6.45) is 0. The second kappa shape index (κ2) is 8.10. The van der Waals surface area contributed by atoms with Crippen molar-refractivity contribution in [3.05, 3.63) is 65.2 Å². The van der Waals surface area contributed by atoms with E-state index in [0.717, 1.165) is 22.0 Å². The molecule has 28 heavy (non-hydrogen) atoms. The second-order valence-electron chi connectivity index (χ2n) is 5.66. The number of esters is 1. The predicted octanol–water partition coefficient (Wildman–Crippen LogP) is 4.65. The Balaban J connectivity index is 1.97. The van der Waals surface area contributed by atoms with Gasteiger partial charge in [-0.3, -0.25) is 4.72 Å². The zero-order valence-corrected chi connectivity index (χ0v) is 16.9. The van der Waals surface area contributed by atoms with Crippen LogP contribution in [-0.2, 0) is 14.8 Å². The minimum atomic E-state index is -3.91. The molecule has 0 heterocycles. The summed E-state index contributed by atoms with van der Waals surface area (Å²) in [5, 5.41) is 12.5. The van der Waals surface area contributed by atoms with Gasteiger partial charge in [-0.1, -0.05) is 23.7 Å². The van der Waals surface area contributed by atoms with E-state index in [1.54, 1.807) is 18.2 Å². The maximum Gasteiger partial charge on any atom is 0.339 e. The zero-order chi connectivity index (χ0) is 20.3. The number of rotatable bonds is 5. The van der Waals surface area contributed by atoms with Crippen molar-refractivity contribution >= 4 is 55.8 Å². The molecule has 0 fully saturated rings. The smallest absolute Gasteiger partial charge is 0.339 e. The van der Waals surface area contributed by atoms with Crippen LogP contribution in [0.15, 0.2) is 64.4 Å². The van der Waals surface area contributed by atoms with Crippen molar-refractivity contribution in [3.8, 4) is 5.40 Å². The average molecular weight is 433 g/mol. The Morgan fingerprint density at radius 1 is 1.11 bits per heavy atom. The molecule has 0 aliphatic rings. The van der Waals surface area contributed by atoms with E-state index in [2.05, 4.69) is 9.46 Å². The Hall–Kier alpha value is -2.73. The predicted molar refractivity (Wildman–Crippen MR) is 109 cm³/mol. The van der Waals surface area contributed by atoms with Gasteiger partial charge in [0.05, 0.1) is 22.6 Å². The first-order valence-electron chi connectivity index (χ1n) is 7.84. The molecular formula is C19H13ClN2O4S2. The Morgan fingerprint density at radius 2 is 1.86 bits per heavy atom. The number of benzene rings is 3. The van der Waals surface area contributed by atoms with Gasteiger partial charge in [-0.2, -0.15) is 5.26 Å². The van der Waals surface area contributed by atoms with E-state index in [-0.39, 0.29) is 21.2 Å². The fourth-order valence-corrected chi connectivity index (χ4v) is 4.26. The number of hydrogen-bond acceptors (Lipinski definition) is 6. The van der Waals surface area contributed by atoms with Gasteiger partial charge in [-0.05, 0) is 65.0 Å². The molecule has 6 nitrogen and oxygen atoms in total. The van der Waals surface area contributed by atoms with E-state index in [4.69, 9.17) is 16.9 Å². The molecule has 0 aliphatic carbocycles. The zero-order valence-electron chi connectivity index (χ0n) is 14.5. The molecule has 0 saturated carbocycles. The summed E-state index contributed by atoms with van der Waals surface area (Å²) in [4.78, 5) is 12.5. The lowest BCUT2D eigenvalue weighted by molar-refractivity contribution is 0.0601. The fraction of sp³-hybridized carbons (Fsp3) is 0.0526. The summed E-state index contributed by atoms with van der Waals surface area (Å²) in [5.74, 6) is -0.667. The molecule has 3 rings (SSSR count). The van der Waals surface area contributed by atoms with E-state index in [1.165, 1.54) is 37.4 Å². The second-order valence-corrected chi connectivity index (χ2v) is 8.60. The molecule has 0 aliphatic heterocycles. The first-order valence-corrected chi connectivity index (χ1v) is 10.5. The molecule has 0 unspecified atom stereocenters. The highest BCUT2D eigenvalue weighted by Gasteiger charge is 2.17. The lowest BCUT2D eigenvalue weighted by atomic mass is 10.1. The Kier molecular flexibility index (Phi) is 5.79. The SMILES string of the molecule is COC(=O)c1cc(NS(=O)(=O)c2ccc3ccc(SC#N)cc3c2)ccc1Cl. The Morgan fingerprint density at radius 3 is 2.57 bits per heavy atom. The van der Waals surface area contributed by atoms with Gasteiger partial charge in [-0.25, -0.2) is 13.2 Å².